The lowest BCUT2D eigenvalue weighted by molar-refractivity contribution is -0.142. The van der Waals surface area contributed by atoms with Crippen molar-refractivity contribution in [1.29, 1.82) is 0 Å². The van der Waals surface area contributed by atoms with E-state index in [2.05, 4.69) is 0 Å². The third-order valence-electron chi connectivity index (χ3n) is 3.40. The molecule has 0 bridgehead atoms. The van der Waals surface area contributed by atoms with Gasteiger partial charge in [0.2, 0.25) is 6.17 Å². The molecule has 3 unspecified atom stereocenters. The minimum absolute atomic E-state index is 0.0558. The highest BCUT2D eigenvalue weighted by molar-refractivity contribution is 7.99. The van der Waals surface area contributed by atoms with Crippen LogP contribution in [0.2, 0.25) is 0 Å². The molecule has 0 aromatic carbocycles. The summed E-state index contributed by atoms with van der Waals surface area (Å²) in [6.07, 6.45) is -7.21. The monoisotopic (exact) mass is 364 g/mol. The molecule has 0 radical (unpaired) electrons. The van der Waals surface area contributed by atoms with Gasteiger partial charge in [0.1, 0.15) is 0 Å². The standard InChI is InChI=1S/C15H25F5O2S/c1-9(2)7-11(14(21)22)8-10(3)23-6-4-5-15(19,20)12(16)13(17)18/h9-13H,4-8H2,1-3H3,(H,21,22). The lowest BCUT2D eigenvalue weighted by atomic mass is 9.93. The van der Waals surface area contributed by atoms with Crippen LogP contribution in [0.15, 0.2) is 0 Å². The first kappa shape index (κ1) is 22.5. The fourth-order valence-electron chi connectivity index (χ4n) is 2.25. The molecule has 0 aliphatic rings. The van der Waals surface area contributed by atoms with Crippen LogP contribution in [0.4, 0.5) is 22.0 Å². The Labute approximate surface area is 138 Å². The Morgan fingerprint density at radius 1 is 1.13 bits per heavy atom. The largest absolute Gasteiger partial charge is 0.481 e. The van der Waals surface area contributed by atoms with Crippen molar-refractivity contribution in [2.24, 2.45) is 11.8 Å². The average Bonchev–Trinajstić information content (AvgIpc) is 2.41. The Morgan fingerprint density at radius 3 is 2.13 bits per heavy atom. The van der Waals surface area contributed by atoms with E-state index in [9.17, 15) is 26.7 Å². The summed E-state index contributed by atoms with van der Waals surface area (Å²) in [7, 11) is 0. The number of carbonyl (C=O) groups is 1. The molecule has 0 saturated heterocycles. The molecule has 8 heteroatoms. The number of halogens is 5. The number of hydrogen-bond acceptors (Lipinski definition) is 2. The normalized spacial score (nSPS) is 16.6. The number of rotatable bonds is 12. The summed E-state index contributed by atoms with van der Waals surface area (Å²) in [5.41, 5.74) is 0. The van der Waals surface area contributed by atoms with Gasteiger partial charge in [0.15, 0.2) is 0 Å². The topological polar surface area (TPSA) is 37.3 Å². The predicted molar refractivity (Wildman–Crippen MR) is 82.2 cm³/mol. The van der Waals surface area contributed by atoms with Gasteiger partial charge in [0.05, 0.1) is 5.92 Å². The summed E-state index contributed by atoms with van der Waals surface area (Å²) in [4.78, 5) is 11.1. The Hall–Kier alpha value is -0.530. The number of hydrogen-bond donors (Lipinski definition) is 1. The van der Waals surface area contributed by atoms with Crippen molar-refractivity contribution in [3.8, 4) is 0 Å². The van der Waals surface area contributed by atoms with E-state index < -0.39 is 36.8 Å². The molecular formula is C15H25F5O2S. The smallest absolute Gasteiger partial charge is 0.306 e. The van der Waals surface area contributed by atoms with Gasteiger partial charge in [0.25, 0.3) is 12.3 Å². The van der Waals surface area contributed by atoms with Crippen LogP contribution in [0, 0.1) is 11.8 Å². The first-order chi connectivity index (χ1) is 10.5. The fourth-order valence-corrected chi connectivity index (χ4v) is 3.33. The van der Waals surface area contributed by atoms with Crippen LogP contribution >= 0.6 is 11.8 Å². The molecule has 0 fully saturated rings. The SMILES string of the molecule is CC(C)CC(CC(C)SCCCC(F)(F)C(F)C(F)F)C(=O)O. The zero-order chi connectivity index (χ0) is 18.2. The van der Waals surface area contributed by atoms with Gasteiger partial charge in [0, 0.05) is 11.7 Å². The maximum Gasteiger partial charge on any atom is 0.306 e. The van der Waals surface area contributed by atoms with Crippen LogP contribution in [0.25, 0.3) is 0 Å². The van der Waals surface area contributed by atoms with Crippen molar-refractivity contribution < 1.29 is 31.9 Å². The Balaban J connectivity index is 4.15. The fraction of sp³-hybridized carbons (Fsp3) is 0.933. The van der Waals surface area contributed by atoms with Crippen LogP contribution in [-0.4, -0.2) is 40.6 Å². The first-order valence-corrected chi connectivity index (χ1v) is 8.66. The zero-order valence-electron chi connectivity index (χ0n) is 13.6. The van der Waals surface area contributed by atoms with E-state index in [1.54, 1.807) is 6.92 Å². The van der Waals surface area contributed by atoms with Crippen LogP contribution in [-0.2, 0) is 4.79 Å². The van der Waals surface area contributed by atoms with Crippen LogP contribution in [0.3, 0.4) is 0 Å². The second-order valence-corrected chi connectivity index (χ2v) is 7.73. The summed E-state index contributed by atoms with van der Waals surface area (Å²) >= 11 is 1.30. The van der Waals surface area contributed by atoms with Gasteiger partial charge in [-0.05, 0) is 30.9 Å². The summed E-state index contributed by atoms with van der Waals surface area (Å²) in [6, 6.07) is 0. The van der Waals surface area contributed by atoms with Crippen LogP contribution in [0.5, 0.6) is 0 Å². The highest BCUT2D eigenvalue weighted by Crippen LogP contribution is 2.32. The summed E-state index contributed by atoms with van der Waals surface area (Å²) in [5.74, 6) is -4.91. The van der Waals surface area contributed by atoms with Crippen molar-refractivity contribution >= 4 is 17.7 Å². The lowest BCUT2D eigenvalue weighted by Crippen LogP contribution is -2.35. The van der Waals surface area contributed by atoms with Crippen molar-refractivity contribution in [2.45, 2.75) is 70.2 Å². The molecule has 0 rings (SSSR count). The van der Waals surface area contributed by atoms with Crippen molar-refractivity contribution in [1.82, 2.24) is 0 Å². The van der Waals surface area contributed by atoms with Gasteiger partial charge >= 0.3 is 5.97 Å². The van der Waals surface area contributed by atoms with Crippen molar-refractivity contribution in [3.05, 3.63) is 0 Å². The highest BCUT2D eigenvalue weighted by Gasteiger charge is 2.45. The van der Waals surface area contributed by atoms with E-state index in [1.807, 2.05) is 13.8 Å². The summed E-state index contributed by atoms with van der Waals surface area (Å²) < 4.78 is 62.9. The predicted octanol–water partition coefficient (Wildman–Crippen LogP) is 5.26. The van der Waals surface area contributed by atoms with Gasteiger partial charge in [-0.1, -0.05) is 20.8 Å². The molecule has 0 saturated carbocycles. The molecule has 138 valence electrons. The van der Waals surface area contributed by atoms with Crippen molar-refractivity contribution in [2.75, 3.05) is 5.75 Å². The molecule has 0 spiro atoms. The maximum atomic E-state index is 13.1. The molecule has 0 aromatic rings. The van der Waals surface area contributed by atoms with Gasteiger partial charge in [-0.3, -0.25) is 4.79 Å². The third kappa shape index (κ3) is 9.37. The van der Waals surface area contributed by atoms with Crippen LogP contribution in [0.1, 0.15) is 46.5 Å². The molecular weight excluding hydrogens is 339 g/mol. The lowest BCUT2D eigenvalue weighted by Gasteiger charge is -2.21. The minimum Gasteiger partial charge on any atom is -0.481 e. The van der Waals surface area contributed by atoms with Crippen molar-refractivity contribution in [3.63, 3.8) is 0 Å². The number of alkyl halides is 5. The van der Waals surface area contributed by atoms with E-state index >= 15 is 0 Å². The molecule has 0 aromatic heterocycles. The second kappa shape index (κ2) is 10.4. The Morgan fingerprint density at radius 2 is 1.70 bits per heavy atom. The van der Waals surface area contributed by atoms with E-state index in [1.165, 1.54) is 11.8 Å². The average molecular weight is 364 g/mol. The molecule has 2 nitrogen and oxygen atoms in total. The van der Waals surface area contributed by atoms with E-state index in [-0.39, 0.29) is 23.3 Å². The molecule has 23 heavy (non-hydrogen) atoms. The van der Waals surface area contributed by atoms with Gasteiger partial charge in [-0.2, -0.15) is 11.8 Å². The first-order valence-electron chi connectivity index (χ1n) is 7.61. The summed E-state index contributed by atoms with van der Waals surface area (Å²) in [6.45, 7) is 5.65. The Bertz CT molecular complexity index is 353. The van der Waals surface area contributed by atoms with E-state index in [0.29, 0.717) is 12.8 Å². The van der Waals surface area contributed by atoms with Gasteiger partial charge < -0.3 is 5.11 Å². The quantitative estimate of drug-likeness (QED) is 0.379. The second-order valence-electron chi connectivity index (χ2n) is 6.18. The number of aliphatic carboxylic acids is 1. The molecule has 0 amide bonds. The third-order valence-corrected chi connectivity index (χ3v) is 4.69. The van der Waals surface area contributed by atoms with E-state index in [4.69, 9.17) is 5.11 Å². The molecule has 0 aliphatic carbocycles. The summed E-state index contributed by atoms with van der Waals surface area (Å²) in [5, 5.41) is 9.09. The number of carboxylic acids is 1. The minimum atomic E-state index is -4.03. The maximum absolute atomic E-state index is 13.1. The van der Waals surface area contributed by atoms with Crippen LogP contribution < -0.4 is 0 Å². The van der Waals surface area contributed by atoms with Gasteiger partial charge in [-0.15, -0.1) is 0 Å². The zero-order valence-corrected chi connectivity index (χ0v) is 14.4. The molecule has 0 heterocycles. The molecule has 0 aliphatic heterocycles. The molecule has 3 atom stereocenters. The Kier molecular flexibility index (Phi) is 10.1. The molecule has 1 N–H and O–H groups in total. The highest BCUT2D eigenvalue weighted by atomic mass is 32.2. The number of thioether (sulfide) groups is 1. The number of carboxylic acid groups (broad SMARTS) is 1. The van der Waals surface area contributed by atoms with Gasteiger partial charge in [-0.25, -0.2) is 22.0 Å². The van der Waals surface area contributed by atoms with E-state index in [0.717, 1.165) is 0 Å².